The van der Waals surface area contributed by atoms with Gasteiger partial charge in [0.05, 0.1) is 6.54 Å². The number of rotatable bonds is 4. The van der Waals surface area contributed by atoms with Crippen LogP contribution in [0.3, 0.4) is 0 Å². The number of hydrogen-bond donors (Lipinski definition) is 0. The van der Waals surface area contributed by atoms with Crippen molar-refractivity contribution in [3.05, 3.63) is 58.6 Å². The fourth-order valence-corrected chi connectivity index (χ4v) is 2.94. The van der Waals surface area contributed by atoms with Crippen LogP contribution in [0.15, 0.2) is 42.5 Å². The molecule has 0 spiro atoms. The zero-order chi connectivity index (χ0) is 14.7. The number of hydrogen-bond acceptors (Lipinski definition) is 2. The van der Waals surface area contributed by atoms with Crippen LogP contribution in [-0.4, -0.2) is 19.7 Å². The van der Waals surface area contributed by atoms with E-state index >= 15 is 0 Å². The van der Waals surface area contributed by atoms with Gasteiger partial charge in [-0.25, -0.2) is 0 Å². The number of ether oxygens (including phenoxy) is 1. The molecule has 2 nitrogen and oxygen atoms in total. The van der Waals surface area contributed by atoms with Gasteiger partial charge in [-0.1, -0.05) is 29.8 Å². The third-order valence-electron chi connectivity index (χ3n) is 3.97. The highest BCUT2D eigenvalue weighted by atomic mass is 35.5. The average Bonchev–Trinajstić information content (AvgIpc) is 2.51. The second kappa shape index (κ2) is 6.40. The van der Waals surface area contributed by atoms with Crippen LogP contribution in [-0.2, 0) is 6.42 Å². The molecule has 1 aliphatic rings. The number of halogens is 1. The molecule has 1 heterocycles. The highest BCUT2D eigenvalue weighted by molar-refractivity contribution is 6.31. The monoisotopic (exact) mass is 301 g/mol. The molecule has 0 amide bonds. The van der Waals surface area contributed by atoms with Crippen LogP contribution in [0, 0.1) is 6.92 Å². The number of anilines is 1. The summed E-state index contributed by atoms with van der Waals surface area (Å²) in [7, 11) is 0. The molecular weight excluding hydrogens is 282 g/mol. The van der Waals surface area contributed by atoms with Crippen LogP contribution in [0.25, 0.3) is 0 Å². The summed E-state index contributed by atoms with van der Waals surface area (Å²) >= 11 is 6.03. The lowest BCUT2D eigenvalue weighted by Gasteiger charge is -2.31. The SMILES string of the molecule is Cc1cc(OCCN2CCCc3ccccc32)ccc1Cl. The zero-order valence-electron chi connectivity index (χ0n) is 12.3. The Morgan fingerprint density at radius 3 is 2.90 bits per heavy atom. The Morgan fingerprint density at radius 2 is 2.05 bits per heavy atom. The molecule has 0 bridgehead atoms. The Labute approximate surface area is 131 Å². The van der Waals surface area contributed by atoms with Gasteiger partial charge in [0.15, 0.2) is 0 Å². The smallest absolute Gasteiger partial charge is 0.119 e. The summed E-state index contributed by atoms with van der Waals surface area (Å²) in [6.45, 7) is 4.71. The summed E-state index contributed by atoms with van der Waals surface area (Å²) in [4.78, 5) is 2.42. The lowest BCUT2D eigenvalue weighted by Crippen LogP contribution is -2.33. The summed E-state index contributed by atoms with van der Waals surface area (Å²) in [6.07, 6.45) is 2.40. The summed E-state index contributed by atoms with van der Waals surface area (Å²) in [5, 5.41) is 0.785. The maximum atomic E-state index is 6.03. The van der Waals surface area contributed by atoms with Gasteiger partial charge >= 0.3 is 0 Å². The molecule has 0 atom stereocenters. The van der Waals surface area contributed by atoms with Crippen LogP contribution in [0.1, 0.15) is 17.5 Å². The largest absolute Gasteiger partial charge is 0.492 e. The Bertz CT molecular complexity index is 626. The van der Waals surface area contributed by atoms with Gasteiger partial charge in [0, 0.05) is 17.3 Å². The lowest BCUT2D eigenvalue weighted by atomic mass is 10.0. The molecular formula is C18H20ClNO. The maximum Gasteiger partial charge on any atom is 0.119 e. The standard InChI is InChI=1S/C18H20ClNO/c1-14-13-16(8-9-17(14)19)21-12-11-20-10-4-6-15-5-2-3-7-18(15)20/h2-3,5,7-9,13H,4,6,10-12H2,1H3. The first-order valence-electron chi connectivity index (χ1n) is 7.46. The van der Waals surface area contributed by atoms with Crippen molar-refractivity contribution in [2.75, 3.05) is 24.6 Å². The van der Waals surface area contributed by atoms with Gasteiger partial charge in [0.2, 0.25) is 0 Å². The molecule has 3 heteroatoms. The zero-order valence-corrected chi connectivity index (χ0v) is 13.1. The van der Waals surface area contributed by atoms with Crippen molar-refractivity contribution >= 4 is 17.3 Å². The third kappa shape index (κ3) is 3.33. The van der Waals surface area contributed by atoms with E-state index in [0.717, 1.165) is 29.4 Å². The quantitative estimate of drug-likeness (QED) is 0.825. The van der Waals surface area contributed by atoms with Crippen molar-refractivity contribution in [2.45, 2.75) is 19.8 Å². The number of aryl methyl sites for hydroxylation is 2. The van der Waals surface area contributed by atoms with Gasteiger partial charge in [-0.15, -0.1) is 0 Å². The second-order valence-corrected chi connectivity index (χ2v) is 5.89. The van der Waals surface area contributed by atoms with Crippen molar-refractivity contribution in [2.24, 2.45) is 0 Å². The molecule has 2 aromatic rings. The summed E-state index contributed by atoms with van der Waals surface area (Å²) in [6, 6.07) is 14.5. The minimum absolute atomic E-state index is 0.690. The first-order valence-corrected chi connectivity index (χ1v) is 7.83. The van der Waals surface area contributed by atoms with Crippen molar-refractivity contribution in [1.29, 1.82) is 0 Å². The first-order chi connectivity index (χ1) is 10.2. The van der Waals surface area contributed by atoms with E-state index in [1.54, 1.807) is 0 Å². The van der Waals surface area contributed by atoms with Gasteiger partial charge in [-0.3, -0.25) is 0 Å². The highest BCUT2D eigenvalue weighted by Gasteiger charge is 2.15. The maximum absolute atomic E-state index is 6.03. The minimum atomic E-state index is 0.690. The van der Waals surface area contributed by atoms with Crippen LogP contribution in [0.5, 0.6) is 5.75 Å². The Morgan fingerprint density at radius 1 is 1.19 bits per heavy atom. The van der Waals surface area contributed by atoms with Crippen LogP contribution < -0.4 is 9.64 Å². The van der Waals surface area contributed by atoms with Crippen molar-refractivity contribution in [3.8, 4) is 5.75 Å². The third-order valence-corrected chi connectivity index (χ3v) is 4.39. The molecule has 0 saturated carbocycles. The minimum Gasteiger partial charge on any atom is -0.492 e. The van der Waals surface area contributed by atoms with E-state index in [9.17, 15) is 0 Å². The predicted molar refractivity (Wildman–Crippen MR) is 88.7 cm³/mol. The molecule has 3 rings (SSSR count). The van der Waals surface area contributed by atoms with Gasteiger partial charge in [0.25, 0.3) is 0 Å². The Balaban J connectivity index is 1.60. The summed E-state index contributed by atoms with van der Waals surface area (Å²) < 4.78 is 5.86. The molecule has 0 aliphatic carbocycles. The van der Waals surface area contributed by atoms with E-state index < -0.39 is 0 Å². The molecule has 0 radical (unpaired) electrons. The lowest BCUT2D eigenvalue weighted by molar-refractivity contribution is 0.322. The topological polar surface area (TPSA) is 12.5 Å². The molecule has 0 saturated heterocycles. The molecule has 0 fully saturated rings. The van der Waals surface area contributed by atoms with E-state index in [0.29, 0.717) is 6.61 Å². The molecule has 110 valence electrons. The molecule has 1 aliphatic heterocycles. The fourth-order valence-electron chi connectivity index (χ4n) is 2.82. The van der Waals surface area contributed by atoms with Gasteiger partial charge in [-0.2, -0.15) is 0 Å². The number of benzene rings is 2. The molecule has 0 unspecified atom stereocenters. The molecule has 21 heavy (non-hydrogen) atoms. The first kappa shape index (κ1) is 14.3. The van der Waals surface area contributed by atoms with E-state index in [1.807, 2.05) is 25.1 Å². The number of fused-ring (bicyclic) bond motifs is 1. The van der Waals surface area contributed by atoms with E-state index in [-0.39, 0.29) is 0 Å². The van der Waals surface area contributed by atoms with Gasteiger partial charge in [0.1, 0.15) is 12.4 Å². The highest BCUT2D eigenvalue weighted by Crippen LogP contribution is 2.26. The van der Waals surface area contributed by atoms with E-state index in [1.165, 1.54) is 24.1 Å². The predicted octanol–water partition coefficient (Wildman–Crippen LogP) is 4.48. The van der Waals surface area contributed by atoms with Crippen molar-refractivity contribution < 1.29 is 4.74 Å². The fraction of sp³-hybridized carbons (Fsp3) is 0.333. The van der Waals surface area contributed by atoms with Crippen LogP contribution in [0.2, 0.25) is 5.02 Å². The number of nitrogens with zero attached hydrogens (tertiary/aromatic N) is 1. The number of para-hydroxylation sites is 1. The van der Waals surface area contributed by atoms with Gasteiger partial charge < -0.3 is 9.64 Å². The Hall–Kier alpha value is -1.67. The van der Waals surface area contributed by atoms with Crippen LogP contribution >= 0.6 is 11.6 Å². The second-order valence-electron chi connectivity index (χ2n) is 5.48. The van der Waals surface area contributed by atoms with Crippen molar-refractivity contribution in [1.82, 2.24) is 0 Å². The molecule has 0 aromatic heterocycles. The van der Waals surface area contributed by atoms with E-state index in [4.69, 9.17) is 16.3 Å². The Kier molecular flexibility index (Phi) is 4.35. The summed E-state index contributed by atoms with van der Waals surface area (Å²) in [5.74, 6) is 0.891. The van der Waals surface area contributed by atoms with Gasteiger partial charge in [-0.05, 0) is 55.2 Å². The summed E-state index contributed by atoms with van der Waals surface area (Å²) in [5.41, 5.74) is 3.86. The molecule has 0 N–H and O–H groups in total. The van der Waals surface area contributed by atoms with Crippen molar-refractivity contribution in [3.63, 3.8) is 0 Å². The average molecular weight is 302 g/mol. The molecule has 2 aromatic carbocycles. The normalized spacial score (nSPS) is 13.9. The van der Waals surface area contributed by atoms with Crippen LogP contribution in [0.4, 0.5) is 5.69 Å². The van der Waals surface area contributed by atoms with E-state index in [2.05, 4.69) is 29.2 Å².